The summed E-state index contributed by atoms with van der Waals surface area (Å²) in [5.74, 6) is -0.189. The van der Waals surface area contributed by atoms with E-state index in [-0.39, 0.29) is 24.3 Å². The first-order chi connectivity index (χ1) is 9.02. The average Bonchev–Trinajstić information content (AvgIpc) is 2.64. The van der Waals surface area contributed by atoms with Crippen LogP contribution in [0.4, 0.5) is 5.69 Å². The Morgan fingerprint density at radius 3 is 2.79 bits per heavy atom. The lowest BCUT2D eigenvalue weighted by Crippen LogP contribution is -2.40. The van der Waals surface area contributed by atoms with Crippen molar-refractivity contribution in [3.63, 3.8) is 0 Å². The highest BCUT2D eigenvalue weighted by Crippen LogP contribution is 2.21. The fourth-order valence-electron chi connectivity index (χ4n) is 2.35. The Labute approximate surface area is 113 Å². The van der Waals surface area contributed by atoms with Gasteiger partial charge < -0.3 is 5.32 Å². The van der Waals surface area contributed by atoms with Crippen LogP contribution in [0.2, 0.25) is 0 Å². The second-order valence-electron chi connectivity index (χ2n) is 5.13. The van der Waals surface area contributed by atoms with E-state index < -0.39 is 6.04 Å². The van der Waals surface area contributed by atoms with Gasteiger partial charge in [-0.3, -0.25) is 14.5 Å². The summed E-state index contributed by atoms with van der Waals surface area (Å²) in [7, 11) is 0. The zero-order valence-corrected chi connectivity index (χ0v) is 11.6. The van der Waals surface area contributed by atoms with E-state index in [1.165, 1.54) is 4.90 Å². The van der Waals surface area contributed by atoms with Crippen LogP contribution >= 0.6 is 0 Å². The van der Waals surface area contributed by atoms with E-state index in [0.717, 1.165) is 17.7 Å². The van der Waals surface area contributed by atoms with Crippen LogP contribution in [0.3, 0.4) is 0 Å². The number of likely N-dealkylation sites (tertiary alicyclic amines) is 1. The molecule has 1 heterocycles. The van der Waals surface area contributed by atoms with Crippen LogP contribution in [-0.4, -0.2) is 28.8 Å². The normalized spacial score (nSPS) is 20.8. The van der Waals surface area contributed by atoms with Crippen LogP contribution < -0.4 is 5.32 Å². The van der Waals surface area contributed by atoms with Crippen LogP contribution in [0.1, 0.15) is 32.3 Å². The second kappa shape index (κ2) is 5.43. The molecule has 2 unspecified atom stereocenters. The topological polar surface area (TPSA) is 49.4 Å². The molecule has 0 bridgehead atoms. The van der Waals surface area contributed by atoms with Gasteiger partial charge in [0.2, 0.25) is 5.91 Å². The minimum absolute atomic E-state index is 0.0238. The Kier molecular flexibility index (Phi) is 3.88. The molecule has 1 aliphatic rings. The minimum Gasteiger partial charge on any atom is -0.373 e. The van der Waals surface area contributed by atoms with E-state index in [1.54, 1.807) is 0 Å². The van der Waals surface area contributed by atoms with Crippen molar-refractivity contribution < 1.29 is 9.59 Å². The van der Waals surface area contributed by atoms with E-state index in [9.17, 15) is 9.59 Å². The molecule has 19 heavy (non-hydrogen) atoms. The lowest BCUT2D eigenvalue weighted by atomic mass is 10.2. The average molecular weight is 260 g/mol. The standard InChI is InChI=1S/C15H20N2O2/c1-4-11(3)17-14(18)9-13(15(17)19)16-12-7-5-6-10(2)8-12/h5-8,11,13,16H,4,9H2,1-3H3. The fourth-order valence-corrected chi connectivity index (χ4v) is 2.35. The third kappa shape index (κ3) is 2.78. The van der Waals surface area contributed by atoms with Gasteiger partial charge in [0, 0.05) is 11.7 Å². The van der Waals surface area contributed by atoms with Gasteiger partial charge >= 0.3 is 0 Å². The molecule has 1 N–H and O–H groups in total. The molecule has 102 valence electrons. The number of carbonyl (C=O) groups excluding carboxylic acids is 2. The Bertz CT molecular complexity index is 499. The lowest BCUT2D eigenvalue weighted by Gasteiger charge is -2.21. The molecular formula is C15H20N2O2. The summed E-state index contributed by atoms with van der Waals surface area (Å²) >= 11 is 0. The number of amides is 2. The first-order valence-electron chi connectivity index (χ1n) is 6.72. The van der Waals surface area contributed by atoms with Crippen LogP contribution in [0.5, 0.6) is 0 Å². The largest absolute Gasteiger partial charge is 0.373 e. The number of carbonyl (C=O) groups is 2. The minimum atomic E-state index is -0.428. The smallest absolute Gasteiger partial charge is 0.252 e. The van der Waals surface area contributed by atoms with E-state index >= 15 is 0 Å². The van der Waals surface area contributed by atoms with Crippen molar-refractivity contribution in [1.29, 1.82) is 0 Å². The molecule has 1 aliphatic heterocycles. The van der Waals surface area contributed by atoms with Crippen LogP contribution in [-0.2, 0) is 9.59 Å². The zero-order valence-electron chi connectivity index (χ0n) is 11.6. The van der Waals surface area contributed by atoms with Gasteiger partial charge in [-0.25, -0.2) is 0 Å². The lowest BCUT2D eigenvalue weighted by molar-refractivity contribution is -0.140. The van der Waals surface area contributed by atoms with Gasteiger partial charge in [-0.2, -0.15) is 0 Å². The monoisotopic (exact) mass is 260 g/mol. The summed E-state index contributed by atoms with van der Waals surface area (Å²) in [5, 5.41) is 3.16. The number of nitrogens with zero attached hydrogens (tertiary/aromatic N) is 1. The van der Waals surface area contributed by atoms with Crippen molar-refractivity contribution in [2.24, 2.45) is 0 Å². The molecule has 2 amide bonds. The van der Waals surface area contributed by atoms with Crippen molar-refractivity contribution in [1.82, 2.24) is 4.90 Å². The van der Waals surface area contributed by atoms with Gasteiger partial charge in [0.25, 0.3) is 5.91 Å². The number of hydrogen-bond donors (Lipinski definition) is 1. The van der Waals surface area contributed by atoms with Crippen molar-refractivity contribution in [2.45, 2.75) is 45.7 Å². The molecule has 0 saturated carbocycles. The summed E-state index contributed by atoms with van der Waals surface area (Å²) in [6.07, 6.45) is 1.03. The molecule has 2 rings (SSSR count). The highest BCUT2D eigenvalue weighted by atomic mass is 16.2. The van der Waals surface area contributed by atoms with Gasteiger partial charge in [0.1, 0.15) is 6.04 Å². The molecule has 1 fully saturated rings. The first-order valence-corrected chi connectivity index (χ1v) is 6.72. The van der Waals surface area contributed by atoms with Crippen LogP contribution in [0.15, 0.2) is 24.3 Å². The Morgan fingerprint density at radius 1 is 1.42 bits per heavy atom. The first kappa shape index (κ1) is 13.6. The summed E-state index contributed by atoms with van der Waals surface area (Å²) in [5.41, 5.74) is 2.01. The Morgan fingerprint density at radius 2 is 2.16 bits per heavy atom. The van der Waals surface area contributed by atoms with E-state index in [0.29, 0.717) is 0 Å². The van der Waals surface area contributed by atoms with Gasteiger partial charge in [-0.05, 0) is 38.0 Å². The molecule has 1 aromatic carbocycles. The highest BCUT2D eigenvalue weighted by molar-refractivity contribution is 6.07. The van der Waals surface area contributed by atoms with E-state index in [4.69, 9.17) is 0 Å². The fraction of sp³-hybridized carbons (Fsp3) is 0.467. The Hall–Kier alpha value is -1.84. The molecular weight excluding hydrogens is 240 g/mol. The summed E-state index contributed by atoms with van der Waals surface area (Å²) in [6.45, 7) is 5.88. The number of anilines is 1. The predicted octanol–water partition coefficient (Wildman–Crippen LogP) is 2.33. The van der Waals surface area contributed by atoms with Crippen molar-refractivity contribution in [2.75, 3.05) is 5.32 Å². The molecule has 1 aromatic rings. The van der Waals surface area contributed by atoms with Crippen molar-refractivity contribution in [3.05, 3.63) is 29.8 Å². The maximum absolute atomic E-state index is 12.2. The molecule has 2 atom stereocenters. The summed E-state index contributed by atoms with van der Waals surface area (Å²) in [6, 6.07) is 7.37. The molecule has 1 saturated heterocycles. The van der Waals surface area contributed by atoms with Gasteiger partial charge in [-0.15, -0.1) is 0 Å². The van der Waals surface area contributed by atoms with E-state index in [2.05, 4.69) is 5.32 Å². The van der Waals surface area contributed by atoms with Crippen LogP contribution in [0, 0.1) is 6.92 Å². The van der Waals surface area contributed by atoms with Crippen molar-refractivity contribution >= 4 is 17.5 Å². The molecule has 4 heteroatoms. The van der Waals surface area contributed by atoms with Crippen LogP contribution in [0.25, 0.3) is 0 Å². The molecule has 4 nitrogen and oxygen atoms in total. The number of hydrogen-bond acceptors (Lipinski definition) is 3. The third-order valence-corrected chi connectivity index (χ3v) is 3.57. The zero-order chi connectivity index (χ0) is 14.0. The second-order valence-corrected chi connectivity index (χ2v) is 5.13. The summed E-state index contributed by atoms with van der Waals surface area (Å²) in [4.78, 5) is 25.6. The van der Waals surface area contributed by atoms with Crippen molar-refractivity contribution in [3.8, 4) is 0 Å². The number of rotatable bonds is 4. The number of aryl methyl sites for hydroxylation is 1. The third-order valence-electron chi connectivity index (χ3n) is 3.57. The van der Waals surface area contributed by atoms with Gasteiger partial charge in [-0.1, -0.05) is 19.1 Å². The number of benzene rings is 1. The highest BCUT2D eigenvalue weighted by Gasteiger charge is 2.40. The molecule has 0 aromatic heterocycles. The Balaban J connectivity index is 2.11. The van der Waals surface area contributed by atoms with E-state index in [1.807, 2.05) is 45.0 Å². The number of imide groups is 1. The number of nitrogens with one attached hydrogen (secondary N) is 1. The maximum atomic E-state index is 12.2. The SMILES string of the molecule is CCC(C)N1C(=O)CC(Nc2cccc(C)c2)C1=O. The summed E-state index contributed by atoms with van der Waals surface area (Å²) < 4.78 is 0. The molecule has 0 radical (unpaired) electrons. The van der Waals surface area contributed by atoms with Gasteiger partial charge in [0.15, 0.2) is 0 Å². The van der Waals surface area contributed by atoms with Gasteiger partial charge in [0.05, 0.1) is 6.42 Å². The quantitative estimate of drug-likeness (QED) is 0.845. The predicted molar refractivity (Wildman–Crippen MR) is 74.8 cm³/mol. The molecule has 0 aliphatic carbocycles. The maximum Gasteiger partial charge on any atom is 0.252 e. The molecule has 0 spiro atoms.